The number of hydrogen-bond acceptors (Lipinski definition) is 6. The fraction of sp³-hybridized carbons (Fsp3) is 0.188. The maximum absolute atomic E-state index is 4.65. The summed E-state index contributed by atoms with van der Waals surface area (Å²) >= 11 is 0. The lowest BCUT2D eigenvalue weighted by molar-refractivity contribution is 0.579. The Bertz CT molecular complexity index is 1810. The van der Waals surface area contributed by atoms with Crippen LogP contribution in [0.3, 0.4) is 0 Å². The number of rotatable bonds is 7. The van der Waals surface area contributed by atoms with Crippen LogP contribution in [0.4, 0.5) is 11.4 Å². The minimum Gasteiger partial charge on any atom is -0.371 e. The van der Waals surface area contributed by atoms with Gasteiger partial charge in [-0.05, 0) is 49.1 Å². The highest BCUT2D eigenvalue weighted by Crippen LogP contribution is 2.34. The first-order chi connectivity index (χ1) is 19.7. The zero-order valence-corrected chi connectivity index (χ0v) is 22.2. The number of pyridine rings is 3. The van der Waals surface area contributed by atoms with E-state index in [9.17, 15) is 0 Å². The van der Waals surface area contributed by atoms with Crippen LogP contribution in [0.1, 0.15) is 24.8 Å². The van der Waals surface area contributed by atoms with Crippen molar-refractivity contribution in [2.24, 2.45) is 0 Å². The summed E-state index contributed by atoms with van der Waals surface area (Å²) in [5.41, 5.74) is 9.55. The van der Waals surface area contributed by atoms with Crippen LogP contribution >= 0.6 is 0 Å². The van der Waals surface area contributed by atoms with E-state index in [2.05, 4.69) is 83.3 Å². The zero-order chi connectivity index (χ0) is 26.9. The van der Waals surface area contributed by atoms with E-state index >= 15 is 0 Å². The van der Waals surface area contributed by atoms with Crippen molar-refractivity contribution in [3.63, 3.8) is 0 Å². The van der Waals surface area contributed by atoms with E-state index in [0.29, 0.717) is 5.65 Å². The van der Waals surface area contributed by atoms with Crippen LogP contribution in [0.5, 0.6) is 0 Å². The van der Waals surface area contributed by atoms with Crippen molar-refractivity contribution in [3.05, 3.63) is 97.2 Å². The minimum absolute atomic E-state index is 0.667. The Kier molecular flexibility index (Phi) is 6.20. The lowest BCUT2D eigenvalue weighted by Crippen LogP contribution is -2.29. The molecule has 1 aromatic carbocycles. The van der Waals surface area contributed by atoms with Crippen LogP contribution in [0, 0.1) is 0 Å². The fourth-order valence-corrected chi connectivity index (χ4v) is 5.58. The first-order valence-corrected chi connectivity index (χ1v) is 13.7. The van der Waals surface area contributed by atoms with Gasteiger partial charge in [0.25, 0.3) is 0 Å². The van der Waals surface area contributed by atoms with Gasteiger partial charge < -0.3 is 15.2 Å². The number of nitrogens with one attached hydrogen (secondary N) is 3. The van der Waals surface area contributed by atoms with E-state index in [1.54, 1.807) is 0 Å². The molecule has 40 heavy (non-hydrogen) atoms. The standard InChI is InChI=1S/C32H30N8/c1-21(14-22-8-4-2-5-9-22)36-25-15-23(18-33-20-25)24-16-27-30(38-39-32(27)35-19-24)28-17-26-29(10-11-34-31(26)37-28)40-12-6-3-7-13-40/h2,4-5,8-11,15-20,36H,1,3,6-7,12-14H2,(H,34,37)(H,35,38,39). The topological polar surface area (TPSA) is 98.4 Å². The van der Waals surface area contributed by atoms with E-state index < -0.39 is 0 Å². The molecule has 0 saturated carbocycles. The molecule has 1 aliphatic rings. The maximum Gasteiger partial charge on any atom is 0.181 e. The number of allylic oxidation sites excluding steroid dienone is 1. The second kappa shape index (κ2) is 10.3. The highest BCUT2D eigenvalue weighted by molar-refractivity contribution is 5.98. The molecule has 3 N–H and O–H groups in total. The lowest BCUT2D eigenvalue weighted by Gasteiger charge is -2.29. The van der Waals surface area contributed by atoms with Gasteiger partial charge in [0.15, 0.2) is 5.65 Å². The normalized spacial score (nSPS) is 13.7. The van der Waals surface area contributed by atoms with E-state index in [1.165, 1.54) is 30.5 Å². The number of hydrogen-bond donors (Lipinski definition) is 3. The molecule has 0 spiro atoms. The number of benzene rings is 1. The third kappa shape index (κ3) is 4.68. The lowest BCUT2D eigenvalue weighted by atomic mass is 10.1. The van der Waals surface area contributed by atoms with Gasteiger partial charge in [-0.25, -0.2) is 9.97 Å². The molecule has 0 bridgehead atoms. The summed E-state index contributed by atoms with van der Waals surface area (Å²) in [7, 11) is 0. The quantitative estimate of drug-likeness (QED) is 0.214. The Morgan fingerprint density at radius 1 is 0.900 bits per heavy atom. The Balaban J connectivity index is 1.19. The summed E-state index contributed by atoms with van der Waals surface area (Å²) < 4.78 is 0. The molecule has 198 valence electrons. The summed E-state index contributed by atoms with van der Waals surface area (Å²) in [6.45, 7) is 6.37. The molecule has 0 amide bonds. The molecule has 6 heterocycles. The van der Waals surface area contributed by atoms with Gasteiger partial charge in [-0.3, -0.25) is 10.1 Å². The highest BCUT2D eigenvalue weighted by Gasteiger charge is 2.18. The van der Waals surface area contributed by atoms with Gasteiger partial charge >= 0.3 is 0 Å². The molecule has 0 aliphatic carbocycles. The second-order valence-corrected chi connectivity index (χ2v) is 10.4. The number of piperidine rings is 1. The summed E-state index contributed by atoms with van der Waals surface area (Å²) in [5, 5.41) is 13.2. The largest absolute Gasteiger partial charge is 0.371 e. The minimum atomic E-state index is 0.667. The van der Waals surface area contributed by atoms with Crippen LogP contribution < -0.4 is 10.2 Å². The van der Waals surface area contributed by atoms with Crippen molar-refractivity contribution in [2.45, 2.75) is 25.7 Å². The Labute approximate surface area is 232 Å². The van der Waals surface area contributed by atoms with Gasteiger partial charge in [-0.1, -0.05) is 36.9 Å². The number of H-pyrrole nitrogens is 2. The van der Waals surface area contributed by atoms with E-state index in [1.807, 2.05) is 43.0 Å². The highest BCUT2D eigenvalue weighted by atomic mass is 15.2. The van der Waals surface area contributed by atoms with Crippen molar-refractivity contribution < 1.29 is 0 Å². The van der Waals surface area contributed by atoms with Crippen LogP contribution in [0.15, 0.2) is 91.7 Å². The average molecular weight is 527 g/mol. The molecule has 0 atom stereocenters. The molecule has 8 heteroatoms. The number of fused-ring (bicyclic) bond motifs is 2. The zero-order valence-electron chi connectivity index (χ0n) is 22.2. The van der Waals surface area contributed by atoms with E-state index in [4.69, 9.17) is 0 Å². The van der Waals surface area contributed by atoms with Crippen LogP contribution in [0.2, 0.25) is 0 Å². The molecular weight excluding hydrogens is 496 g/mol. The van der Waals surface area contributed by atoms with Gasteiger partial charge in [-0.2, -0.15) is 5.10 Å². The summed E-state index contributed by atoms with van der Waals surface area (Å²) in [6.07, 6.45) is 11.9. The van der Waals surface area contributed by atoms with Crippen LogP contribution in [-0.4, -0.2) is 43.2 Å². The third-order valence-corrected chi connectivity index (χ3v) is 7.54. The molecule has 1 aliphatic heterocycles. The van der Waals surface area contributed by atoms with Crippen molar-refractivity contribution in [1.29, 1.82) is 0 Å². The van der Waals surface area contributed by atoms with Crippen molar-refractivity contribution in [1.82, 2.24) is 30.1 Å². The van der Waals surface area contributed by atoms with E-state index in [-0.39, 0.29) is 0 Å². The summed E-state index contributed by atoms with van der Waals surface area (Å²) in [6, 6.07) is 18.8. The van der Waals surface area contributed by atoms with Gasteiger partial charge in [0.1, 0.15) is 5.65 Å². The molecule has 7 rings (SSSR count). The number of aromatic amines is 2. The molecule has 1 saturated heterocycles. The van der Waals surface area contributed by atoms with Crippen molar-refractivity contribution >= 4 is 33.4 Å². The van der Waals surface area contributed by atoms with Crippen LogP contribution in [0.25, 0.3) is 44.6 Å². The summed E-state index contributed by atoms with van der Waals surface area (Å²) in [4.78, 5) is 19.7. The predicted octanol–water partition coefficient (Wildman–Crippen LogP) is 6.72. The molecule has 5 aromatic heterocycles. The molecule has 0 unspecified atom stereocenters. The van der Waals surface area contributed by atoms with Gasteiger partial charge in [0.2, 0.25) is 0 Å². The number of nitrogens with zero attached hydrogens (tertiary/aromatic N) is 5. The molecule has 1 fully saturated rings. The van der Waals surface area contributed by atoms with Crippen molar-refractivity contribution in [3.8, 4) is 22.5 Å². The average Bonchev–Trinajstić information content (AvgIpc) is 3.62. The molecule has 0 radical (unpaired) electrons. The third-order valence-electron chi connectivity index (χ3n) is 7.54. The number of aromatic nitrogens is 6. The first-order valence-electron chi connectivity index (χ1n) is 13.7. The first kappa shape index (κ1) is 24.1. The SMILES string of the molecule is C=C(Cc1ccccc1)Nc1cncc(-c2cnc3n[nH]c(-c4cc5c(N6CCCCC6)ccnc5[nH]4)c3c2)c1. The Hall–Kier alpha value is -4.98. The fourth-order valence-electron chi connectivity index (χ4n) is 5.58. The smallest absolute Gasteiger partial charge is 0.181 e. The predicted molar refractivity (Wildman–Crippen MR) is 161 cm³/mol. The van der Waals surface area contributed by atoms with Crippen molar-refractivity contribution in [2.75, 3.05) is 23.3 Å². The van der Waals surface area contributed by atoms with Gasteiger partial charge in [0.05, 0.1) is 23.3 Å². The Morgan fingerprint density at radius 2 is 1.75 bits per heavy atom. The Morgan fingerprint density at radius 3 is 2.62 bits per heavy atom. The number of anilines is 2. The van der Waals surface area contributed by atoms with Crippen LogP contribution in [-0.2, 0) is 6.42 Å². The molecule has 8 nitrogen and oxygen atoms in total. The maximum atomic E-state index is 4.65. The van der Waals surface area contributed by atoms with Gasteiger partial charge in [0, 0.05) is 71.4 Å². The monoisotopic (exact) mass is 526 g/mol. The summed E-state index contributed by atoms with van der Waals surface area (Å²) in [5.74, 6) is 0. The second-order valence-electron chi connectivity index (χ2n) is 10.4. The van der Waals surface area contributed by atoms with Gasteiger partial charge in [-0.15, -0.1) is 0 Å². The van der Waals surface area contributed by atoms with E-state index in [0.717, 1.165) is 69.8 Å². The molecular formula is C32H30N8. The molecule has 6 aromatic rings.